The number of hydrogen-bond acceptors (Lipinski definition) is 7. The third-order valence-corrected chi connectivity index (χ3v) is 7.83. The van der Waals surface area contributed by atoms with Crippen molar-refractivity contribution in [3.63, 3.8) is 0 Å². The lowest BCUT2D eigenvalue weighted by Gasteiger charge is -2.26. The summed E-state index contributed by atoms with van der Waals surface area (Å²) in [6.45, 7) is 12.2. The number of anilines is 1. The Bertz CT molecular complexity index is 1170. The highest BCUT2D eigenvalue weighted by Gasteiger charge is 2.20. The summed E-state index contributed by atoms with van der Waals surface area (Å²) in [4.78, 5) is 15.5. The molecule has 7 heteroatoms. The van der Waals surface area contributed by atoms with Gasteiger partial charge in [-0.1, -0.05) is 43.8 Å². The first-order valence-corrected chi connectivity index (χ1v) is 13.4. The second kappa shape index (κ2) is 13.2. The van der Waals surface area contributed by atoms with Gasteiger partial charge in [0, 0.05) is 46.7 Å². The van der Waals surface area contributed by atoms with Crippen LogP contribution in [-0.4, -0.2) is 37.4 Å². The lowest BCUT2D eigenvalue weighted by atomic mass is 9.88. The first-order valence-electron chi connectivity index (χ1n) is 12.6. The molecule has 0 saturated carbocycles. The Morgan fingerprint density at radius 3 is 2.69 bits per heavy atom. The fourth-order valence-electron chi connectivity index (χ4n) is 4.47. The number of nitrogens with zero attached hydrogens (tertiary/aromatic N) is 3. The van der Waals surface area contributed by atoms with E-state index in [-0.39, 0.29) is 13.2 Å². The van der Waals surface area contributed by atoms with E-state index in [1.54, 1.807) is 11.3 Å². The first-order chi connectivity index (χ1) is 17.4. The van der Waals surface area contributed by atoms with Gasteiger partial charge in [0.1, 0.15) is 12.1 Å². The van der Waals surface area contributed by atoms with Crippen LogP contribution in [0.1, 0.15) is 60.4 Å². The molecule has 6 nitrogen and oxygen atoms in total. The number of thiophene rings is 1. The fraction of sp³-hybridized carbons (Fsp3) is 0.414. The minimum atomic E-state index is -0.770. The molecule has 1 aliphatic rings. The Hall–Kier alpha value is -3.21. The standard InChI is InChI=1S/C29H36N4O2S/c1-5-13-33(14-6-2)26-10-9-22-15-24(8-7-23(22)16-26)29-12-11-28(36-29)20(3)27(17-30)21(4)31-18-25(19-34)32-35/h7-12,16,24-25,31,34H,4-6,13-15,18-19H2,1-3H3/b27-20+. The number of fused-ring (bicyclic) bond motifs is 1. The lowest BCUT2D eigenvalue weighted by Crippen LogP contribution is -2.27. The van der Waals surface area contributed by atoms with Crippen molar-refractivity contribution in [3.8, 4) is 6.07 Å². The van der Waals surface area contributed by atoms with E-state index in [1.807, 2.05) is 6.92 Å². The highest BCUT2D eigenvalue weighted by molar-refractivity contribution is 7.13. The summed E-state index contributed by atoms with van der Waals surface area (Å²) in [6.07, 6.45) is 7.77. The number of aliphatic hydroxyl groups is 1. The molecule has 0 fully saturated rings. The number of hydrogen-bond donors (Lipinski definition) is 2. The zero-order chi connectivity index (χ0) is 26.1. The van der Waals surface area contributed by atoms with E-state index in [0.717, 1.165) is 42.8 Å². The Kier molecular flexibility index (Phi) is 10.0. The summed E-state index contributed by atoms with van der Waals surface area (Å²) >= 11 is 1.69. The van der Waals surface area contributed by atoms with Gasteiger partial charge in [0.2, 0.25) is 0 Å². The molecule has 1 aromatic carbocycles. The Labute approximate surface area is 218 Å². The molecule has 36 heavy (non-hydrogen) atoms. The monoisotopic (exact) mass is 504 g/mol. The van der Waals surface area contributed by atoms with E-state index in [9.17, 15) is 10.2 Å². The van der Waals surface area contributed by atoms with E-state index in [1.165, 1.54) is 21.7 Å². The minimum Gasteiger partial charge on any atom is -0.394 e. The number of benzene rings is 1. The maximum absolute atomic E-state index is 10.7. The Balaban J connectivity index is 1.75. The molecule has 2 N–H and O–H groups in total. The highest BCUT2D eigenvalue weighted by Crippen LogP contribution is 2.37. The second-order valence-corrected chi connectivity index (χ2v) is 10.3. The first kappa shape index (κ1) is 27.4. The third kappa shape index (κ3) is 6.51. The summed E-state index contributed by atoms with van der Waals surface area (Å²) in [5.74, 6) is 0.299. The van der Waals surface area contributed by atoms with Crippen molar-refractivity contribution in [2.45, 2.75) is 52.0 Å². The number of nitrogens with one attached hydrogen (secondary N) is 1. The largest absolute Gasteiger partial charge is 0.394 e. The van der Waals surface area contributed by atoms with Gasteiger partial charge in [-0.05, 0) is 67.2 Å². The average Bonchev–Trinajstić information content (AvgIpc) is 3.39. The van der Waals surface area contributed by atoms with Gasteiger partial charge in [-0.25, -0.2) is 0 Å². The van der Waals surface area contributed by atoms with Crippen molar-refractivity contribution >= 4 is 28.7 Å². The van der Waals surface area contributed by atoms with Gasteiger partial charge >= 0.3 is 0 Å². The van der Waals surface area contributed by atoms with Crippen LogP contribution in [0.3, 0.4) is 0 Å². The molecule has 0 aliphatic heterocycles. The van der Waals surface area contributed by atoms with Gasteiger partial charge in [-0.3, -0.25) is 0 Å². The molecule has 0 bridgehead atoms. The van der Waals surface area contributed by atoms with Crippen LogP contribution >= 0.6 is 11.3 Å². The van der Waals surface area contributed by atoms with E-state index >= 15 is 0 Å². The SMILES string of the molecule is C=C(NCC(CO)N=O)/C(C#N)=C(\C)c1ccc(C2C=Cc3cc(N(CCC)CCC)ccc3C2)s1. The van der Waals surface area contributed by atoms with Gasteiger partial charge < -0.3 is 15.3 Å². The molecule has 2 aromatic rings. The maximum Gasteiger partial charge on any atom is 0.132 e. The lowest BCUT2D eigenvalue weighted by molar-refractivity contribution is 0.265. The summed E-state index contributed by atoms with van der Waals surface area (Å²) in [5, 5.41) is 24.7. The summed E-state index contributed by atoms with van der Waals surface area (Å²) in [7, 11) is 0. The van der Waals surface area contributed by atoms with Crippen LogP contribution < -0.4 is 10.2 Å². The zero-order valence-corrected chi connectivity index (χ0v) is 22.3. The van der Waals surface area contributed by atoms with Gasteiger partial charge in [-0.15, -0.1) is 11.3 Å². The van der Waals surface area contributed by atoms with E-state index in [0.29, 0.717) is 17.2 Å². The molecular weight excluding hydrogens is 468 g/mol. The van der Waals surface area contributed by atoms with Gasteiger partial charge in [0.15, 0.2) is 0 Å². The van der Waals surface area contributed by atoms with Crippen molar-refractivity contribution in [1.82, 2.24) is 5.32 Å². The van der Waals surface area contributed by atoms with Crippen LogP contribution in [0.2, 0.25) is 0 Å². The molecule has 2 unspecified atom stereocenters. The molecule has 0 saturated heterocycles. The second-order valence-electron chi connectivity index (χ2n) is 9.15. The molecule has 1 aliphatic carbocycles. The predicted molar refractivity (Wildman–Crippen MR) is 151 cm³/mol. The molecule has 3 rings (SSSR count). The van der Waals surface area contributed by atoms with Crippen LogP contribution in [0.15, 0.2) is 59.4 Å². The Morgan fingerprint density at radius 2 is 2.06 bits per heavy atom. The van der Waals surface area contributed by atoms with Gasteiger partial charge in [0.05, 0.1) is 12.2 Å². The quantitative estimate of drug-likeness (QED) is 0.191. The molecule has 0 radical (unpaired) electrons. The molecule has 0 amide bonds. The van der Waals surface area contributed by atoms with Crippen molar-refractivity contribution in [1.29, 1.82) is 5.26 Å². The van der Waals surface area contributed by atoms with E-state index in [2.05, 4.69) is 84.4 Å². The number of allylic oxidation sites excluding steroid dienone is 3. The Morgan fingerprint density at radius 1 is 1.31 bits per heavy atom. The van der Waals surface area contributed by atoms with E-state index < -0.39 is 6.04 Å². The number of nitriles is 1. The van der Waals surface area contributed by atoms with Crippen LogP contribution in [-0.2, 0) is 6.42 Å². The van der Waals surface area contributed by atoms with Crippen LogP contribution in [0.5, 0.6) is 0 Å². The van der Waals surface area contributed by atoms with Crippen molar-refractivity contribution < 1.29 is 5.11 Å². The third-order valence-electron chi connectivity index (χ3n) is 6.49. The van der Waals surface area contributed by atoms with Crippen LogP contribution in [0.25, 0.3) is 11.6 Å². The van der Waals surface area contributed by atoms with Crippen LogP contribution in [0.4, 0.5) is 5.69 Å². The summed E-state index contributed by atoms with van der Waals surface area (Å²) < 4.78 is 0. The maximum atomic E-state index is 10.7. The highest BCUT2D eigenvalue weighted by atomic mass is 32.1. The minimum absolute atomic E-state index is 0.135. The fourth-order valence-corrected chi connectivity index (χ4v) is 5.56. The smallest absolute Gasteiger partial charge is 0.132 e. The molecule has 0 spiro atoms. The van der Waals surface area contributed by atoms with Crippen molar-refractivity contribution in [3.05, 3.63) is 80.0 Å². The number of rotatable bonds is 13. The number of nitroso groups, excluding NO2 is 1. The number of aliphatic hydroxyl groups excluding tert-OH is 1. The topological polar surface area (TPSA) is 88.7 Å². The molecular formula is C29H36N4O2S. The van der Waals surface area contributed by atoms with Gasteiger partial charge in [-0.2, -0.15) is 10.2 Å². The van der Waals surface area contributed by atoms with E-state index in [4.69, 9.17) is 5.11 Å². The van der Waals surface area contributed by atoms with Crippen molar-refractivity contribution in [2.24, 2.45) is 5.18 Å². The predicted octanol–water partition coefficient (Wildman–Crippen LogP) is 6.26. The normalized spacial score (nSPS) is 15.9. The van der Waals surface area contributed by atoms with Crippen molar-refractivity contribution in [2.75, 3.05) is 31.1 Å². The average molecular weight is 505 g/mol. The molecule has 1 heterocycles. The van der Waals surface area contributed by atoms with Crippen LogP contribution in [0, 0.1) is 16.2 Å². The molecule has 2 atom stereocenters. The molecule has 1 aromatic heterocycles. The summed E-state index contributed by atoms with van der Waals surface area (Å²) in [6, 6.07) is 12.5. The summed E-state index contributed by atoms with van der Waals surface area (Å²) in [5.41, 5.74) is 5.66. The molecule has 190 valence electrons. The zero-order valence-electron chi connectivity index (χ0n) is 21.5. The van der Waals surface area contributed by atoms with Gasteiger partial charge in [0.25, 0.3) is 0 Å².